The van der Waals surface area contributed by atoms with E-state index in [0.717, 1.165) is 11.3 Å². The molecule has 0 spiro atoms. The molecule has 13 nitrogen and oxygen atoms in total. The van der Waals surface area contributed by atoms with Crippen molar-refractivity contribution in [3.05, 3.63) is 42.0 Å². The average molecular weight is 646 g/mol. The van der Waals surface area contributed by atoms with E-state index >= 15 is 0 Å². The van der Waals surface area contributed by atoms with Gasteiger partial charge in [0.1, 0.15) is 22.6 Å². The van der Waals surface area contributed by atoms with Crippen molar-refractivity contribution in [3.8, 4) is 5.88 Å². The molecule has 5 rings (SSSR count). The highest BCUT2D eigenvalue weighted by atomic mass is 32.2. The van der Waals surface area contributed by atoms with Gasteiger partial charge in [-0.25, -0.2) is 23.2 Å². The smallest absolute Gasteiger partial charge is 0.410 e. The molecular formula is C29H35N5O8S2. The average Bonchev–Trinajstić information content (AvgIpc) is 3.57. The Morgan fingerprint density at radius 1 is 1.11 bits per heavy atom. The van der Waals surface area contributed by atoms with E-state index in [1.165, 1.54) is 17.0 Å². The number of fused-ring (bicyclic) bond motifs is 1. The van der Waals surface area contributed by atoms with Gasteiger partial charge in [-0.05, 0) is 51.8 Å². The van der Waals surface area contributed by atoms with E-state index < -0.39 is 27.4 Å². The Balaban J connectivity index is 1.26. The molecule has 0 radical (unpaired) electrons. The van der Waals surface area contributed by atoms with Crippen LogP contribution >= 0.6 is 11.3 Å². The fourth-order valence-electron chi connectivity index (χ4n) is 4.13. The molecule has 1 aliphatic carbocycles. The van der Waals surface area contributed by atoms with E-state index in [9.17, 15) is 18.0 Å². The maximum Gasteiger partial charge on any atom is 0.410 e. The van der Waals surface area contributed by atoms with Crippen LogP contribution in [0.1, 0.15) is 45.6 Å². The summed E-state index contributed by atoms with van der Waals surface area (Å²) in [7, 11) is -1.75. The number of nitrogens with one attached hydrogen (secondary N) is 1. The zero-order chi connectivity index (χ0) is 31.5. The Morgan fingerprint density at radius 2 is 1.86 bits per heavy atom. The van der Waals surface area contributed by atoms with Gasteiger partial charge in [0, 0.05) is 25.1 Å². The van der Waals surface area contributed by atoms with Gasteiger partial charge in [-0.2, -0.15) is 0 Å². The lowest BCUT2D eigenvalue weighted by Crippen LogP contribution is -2.36. The van der Waals surface area contributed by atoms with Gasteiger partial charge in [-0.1, -0.05) is 28.6 Å². The van der Waals surface area contributed by atoms with Crippen molar-refractivity contribution in [1.29, 1.82) is 0 Å². The quantitative estimate of drug-likeness (QED) is 0.238. The number of hydrogen-bond acceptors (Lipinski definition) is 12. The molecule has 1 saturated carbocycles. The number of pyridine rings is 1. The number of oxime groups is 1. The van der Waals surface area contributed by atoms with Crippen LogP contribution in [0, 0.1) is 0 Å². The number of sulfone groups is 1. The fourth-order valence-corrected chi connectivity index (χ4v) is 6.61. The molecule has 2 aliphatic rings. The number of ether oxygens (including phenoxy) is 3. The highest BCUT2D eigenvalue weighted by Crippen LogP contribution is 2.33. The number of carbonyl (C=O) groups is 2. The van der Waals surface area contributed by atoms with Crippen molar-refractivity contribution >= 4 is 54.4 Å². The second-order valence-electron chi connectivity index (χ2n) is 11.5. The highest BCUT2D eigenvalue weighted by molar-refractivity contribution is 7.92. The van der Waals surface area contributed by atoms with E-state index in [1.54, 1.807) is 52.1 Å². The zero-order valence-electron chi connectivity index (χ0n) is 24.9. The third-order valence-electron chi connectivity index (χ3n) is 6.65. The molecule has 1 aliphatic heterocycles. The van der Waals surface area contributed by atoms with Crippen molar-refractivity contribution in [2.24, 2.45) is 5.16 Å². The maximum absolute atomic E-state index is 13.4. The summed E-state index contributed by atoms with van der Waals surface area (Å²) >= 11 is 1.15. The van der Waals surface area contributed by atoms with Crippen LogP contribution in [0.15, 0.2) is 46.4 Å². The molecule has 2 amide bonds. The molecule has 1 saturated heterocycles. The minimum atomic E-state index is -3.38. The van der Waals surface area contributed by atoms with Gasteiger partial charge in [-0.3, -0.25) is 10.1 Å². The Bertz CT molecular complexity index is 1640. The Kier molecular flexibility index (Phi) is 9.37. The van der Waals surface area contributed by atoms with Gasteiger partial charge < -0.3 is 23.9 Å². The number of carbonyl (C=O) groups excluding carboxylic acids is 2. The molecule has 15 heteroatoms. The molecule has 2 aromatic heterocycles. The van der Waals surface area contributed by atoms with Gasteiger partial charge >= 0.3 is 6.09 Å². The minimum absolute atomic E-state index is 0.0300. The monoisotopic (exact) mass is 645 g/mol. The number of thiazole rings is 1. The maximum atomic E-state index is 13.4. The number of hydrogen-bond donors (Lipinski definition) is 1. The number of amides is 2. The Labute approximate surface area is 259 Å². The normalized spacial score (nSPS) is 17.4. The molecule has 3 aromatic rings. The first-order valence-corrected chi connectivity index (χ1v) is 16.6. The Hall–Kier alpha value is -3.82. The van der Waals surface area contributed by atoms with Crippen molar-refractivity contribution in [3.63, 3.8) is 0 Å². The summed E-state index contributed by atoms with van der Waals surface area (Å²) < 4.78 is 41.7. The molecule has 1 aromatic carbocycles. The number of rotatable bonds is 11. The van der Waals surface area contributed by atoms with Crippen molar-refractivity contribution < 1.29 is 37.1 Å². The first kappa shape index (κ1) is 31.6. The van der Waals surface area contributed by atoms with E-state index in [-0.39, 0.29) is 33.7 Å². The number of likely N-dealkylation sites (N-methyl/N-ethyl adjacent to an activating group) is 1. The van der Waals surface area contributed by atoms with Gasteiger partial charge in [0.2, 0.25) is 5.88 Å². The minimum Gasteiger partial charge on any atom is -0.476 e. The van der Waals surface area contributed by atoms with Crippen molar-refractivity contribution in [2.45, 2.75) is 61.9 Å². The van der Waals surface area contributed by atoms with E-state index in [1.807, 2.05) is 0 Å². The van der Waals surface area contributed by atoms with Gasteiger partial charge in [0.25, 0.3) is 5.91 Å². The molecule has 0 bridgehead atoms. The summed E-state index contributed by atoms with van der Waals surface area (Å²) in [6.07, 6.45) is 1.22. The van der Waals surface area contributed by atoms with Crippen LogP contribution < -0.4 is 10.1 Å². The van der Waals surface area contributed by atoms with E-state index in [4.69, 9.17) is 19.0 Å². The first-order valence-electron chi connectivity index (χ1n) is 14.2. The summed E-state index contributed by atoms with van der Waals surface area (Å²) in [5.41, 5.74) is 0.322. The lowest BCUT2D eigenvalue weighted by molar-refractivity contribution is -0.110. The van der Waals surface area contributed by atoms with Crippen LogP contribution in [-0.2, 0) is 28.9 Å². The van der Waals surface area contributed by atoms with Crippen molar-refractivity contribution in [1.82, 2.24) is 14.9 Å². The summed E-state index contributed by atoms with van der Waals surface area (Å²) in [4.78, 5) is 42.2. The van der Waals surface area contributed by atoms with Crippen LogP contribution in [0.2, 0.25) is 0 Å². The zero-order valence-corrected chi connectivity index (χ0v) is 26.6. The SMILES string of the molecule is CN(CCOc1ccc2nc(NC(=O)C(=NO[C@@H]3CCOC3)c3ccc(S(=O)(=O)C4CC4)cc3)sc2n1)C(=O)OC(C)(C)C. The predicted molar refractivity (Wildman–Crippen MR) is 164 cm³/mol. The molecule has 0 unspecified atom stereocenters. The van der Waals surface area contributed by atoms with Crippen LogP contribution in [0.4, 0.5) is 9.93 Å². The second kappa shape index (κ2) is 13.0. The van der Waals surface area contributed by atoms with Crippen LogP contribution in [-0.4, -0.2) is 91.4 Å². The van der Waals surface area contributed by atoms with Crippen LogP contribution in [0.3, 0.4) is 0 Å². The molecule has 1 atom stereocenters. The summed E-state index contributed by atoms with van der Waals surface area (Å²) in [6.45, 7) is 6.80. The van der Waals surface area contributed by atoms with E-state index in [2.05, 4.69) is 20.4 Å². The van der Waals surface area contributed by atoms with Gasteiger partial charge in [-0.15, -0.1) is 0 Å². The topological polar surface area (TPSA) is 159 Å². The second-order valence-corrected chi connectivity index (χ2v) is 14.7. The molecule has 3 heterocycles. The van der Waals surface area contributed by atoms with Crippen molar-refractivity contribution in [2.75, 3.05) is 38.7 Å². The molecule has 44 heavy (non-hydrogen) atoms. The lowest BCUT2D eigenvalue weighted by Gasteiger charge is -2.24. The lowest BCUT2D eigenvalue weighted by atomic mass is 10.1. The van der Waals surface area contributed by atoms with Gasteiger partial charge in [0.05, 0.1) is 29.9 Å². The molecule has 2 fully saturated rings. The Morgan fingerprint density at radius 3 is 2.52 bits per heavy atom. The number of benzene rings is 1. The summed E-state index contributed by atoms with van der Waals surface area (Å²) in [6, 6.07) is 9.44. The molecule has 1 N–H and O–H groups in total. The van der Waals surface area contributed by atoms with Gasteiger partial charge in [0.15, 0.2) is 26.8 Å². The molecule has 236 valence electrons. The standard InChI is InChI=1S/C29H35N5O8S2/c1-29(2,3)41-28(36)34(4)14-16-40-23-12-11-22-26(31-23)43-27(30-22)32-25(35)24(33-42-19-13-15-39-17-19)18-5-7-20(8-6-18)44(37,38)21-9-10-21/h5-8,11-12,19,21H,9-10,13-17H2,1-4H3,(H,30,32,35)/t19-/m1/s1. The van der Waals surface area contributed by atoms with E-state index in [0.29, 0.717) is 60.8 Å². The molecular weight excluding hydrogens is 610 g/mol. The number of aromatic nitrogens is 2. The first-order chi connectivity index (χ1) is 20.9. The number of nitrogens with zero attached hydrogens (tertiary/aromatic N) is 4. The largest absolute Gasteiger partial charge is 0.476 e. The number of anilines is 1. The summed E-state index contributed by atoms with van der Waals surface area (Å²) in [5.74, 6) is -0.241. The van der Waals surface area contributed by atoms with Crippen LogP contribution in [0.5, 0.6) is 5.88 Å². The van der Waals surface area contributed by atoms with Crippen LogP contribution in [0.25, 0.3) is 10.3 Å². The predicted octanol–water partition coefficient (Wildman–Crippen LogP) is 4.02. The third-order valence-corrected chi connectivity index (χ3v) is 9.81. The summed E-state index contributed by atoms with van der Waals surface area (Å²) in [5, 5.41) is 6.84. The fraction of sp³-hybridized carbons (Fsp3) is 0.483. The third kappa shape index (κ3) is 8.01. The highest BCUT2D eigenvalue weighted by Gasteiger charge is 2.37.